The molecule has 0 N–H and O–H groups in total. The summed E-state index contributed by atoms with van der Waals surface area (Å²) >= 11 is 1.64. The maximum atomic E-state index is 12.8. The highest BCUT2D eigenvalue weighted by molar-refractivity contribution is 7.98. The zero-order valence-corrected chi connectivity index (χ0v) is 15.4. The van der Waals surface area contributed by atoms with Crippen LogP contribution in [0.25, 0.3) is 6.08 Å². The van der Waals surface area contributed by atoms with Gasteiger partial charge in [0, 0.05) is 30.7 Å². The fraction of sp³-hybridized carbons (Fsp3) is 0.316. The lowest BCUT2D eigenvalue weighted by atomic mass is 9.93. The lowest BCUT2D eigenvalue weighted by Gasteiger charge is -2.27. The summed E-state index contributed by atoms with van der Waals surface area (Å²) in [6.07, 6.45) is 4.25. The second kappa shape index (κ2) is 8.65. The molecule has 1 aliphatic heterocycles. The van der Waals surface area contributed by atoms with Crippen molar-refractivity contribution in [3.8, 4) is 6.07 Å². The second-order valence-corrected chi connectivity index (χ2v) is 6.43. The van der Waals surface area contributed by atoms with Gasteiger partial charge in [0.15, 0.2) is 0 Å². The van der Waals surface area contributed by atoms with E-state index >= 15 is 0 Å². The van der Waals surface area contributed by atoms with Crippen molar-refractivity contribution in [3.05, 3.63) is 46.5 Å². The van der Waals surface area contributed by atoms with E-state index in [0.29, 0.717) is 24.2 Å². The number of thioether (sulfide) groups is 1. The summed E-state index contributed by atoms with van der Waals surface area (Å²) < 4.78 is 4.98. The molecule has 0 radical (unpaired) electrons. The number of hydrogen-bond acceptors (Lipinski definition) is 5. The van der Waals surface area contributed by atoms with Crippen molar-refractivity contribution in [3.63, 3.8) is 0 Å². The van der Waals surface area contributed by atoms with Crippen molar-refractivity contribution in [2.75, 3.05) is 26.5 Å². The average Bonchev–Trinajstić information content (AvgIpc) is 2.62. The van der Waals surface area contributed by atoms with E-state index in [2.05, 4.69) is 0 Å². The molecule has 2 rings (SSSR count). The summed E-state index contributed by atoms with van der Waals surface area (Å²) in [4.78, 5) is 27.4. The topological polar surface area (TPSA) is 70.4 Å². The summed E-state index contributed by atoms with van der Waals surface area (Å²) in [5.74, 6) is -0.900. The van der Waals surface area contributed by atoms with Crippen LogP contribution in [0.4, 0.5) is 0 Å². The molecule has 2 amide bonds. The predicted octanol–water partition coefficient (Wildman–Crippen LogP) is 3.04. The number of rotatable bonds is 6. The Morgan fingerprint density at radius 1 is 1.24 bits per heavy atom. The molecule has 1 heterocycles. The number of ether oxygens (including phenoxy) is 1. The molecule has 0 unspecified atom stereocenters. The van der Waals surface area contributed by atoms with Crippen LogP contribution in [0, 0.1) is 11.3 Å². The Morgan fingerprint density at radius 2 is 1.92 bits per heavy atom. The molecule has 0 spiro atoms. The minimum atomic E-state index is -0.531. The van der Waals surface area contributed by atoms with E-state index in [1.165, 1.54) is 0 Å². The molecule has 130 valence electrons. The normalized spacial score (nSPS) is 16.6. The number of amides is 2. The van der Waals surface area contributed by atoms with Gasteiger partial charge in [-0.25, -0.2) is 0 Å². The van der Waals surface area contributed by atoms with E-state index in [-0.39, 0.29) is 18.0 Å². The minimum Gasteiger partial charge on any atom is -0.385 e. The number of nitrogens with zero attached hydrogens (tertiary/aromatic N) is 2. The predicted molar refractivity (Wildman–Crippen MR) is 97.7 cm³/mol. The first-order valence-electron chi connectivity index (χ1n) is 7.85. The molecule has 6 heteroatoms. The Hall–Kier alpha value is -2.36. The Morgan fingerprint density at radius 3 is 2.48 bits per heavy atom. The summed E-state index contributed by atoms with van der Waals surface area (Å²) in [5, 5.41) is 9.34. The second-order valence-electron chi connectivity index (χ2n) is 5.55. The number of methoxy groups -OCH3 is 1. The van der Waals surface area contributed by atoms with Gasteiger partial charge < -0.3 is 4.74 Å². The lowest BCUT2D eigenvalue weighted by Crippen LogP contribution is -2.43. The van der Waals surface area contributed by atoms with Crippen molar-refractivity contribution in [2.24, 2.45) is 0 Å². The molecule has 0 aliphatic carbocycles. The molecule has 0 aromatic heterocycles. The molecule has 0 saturated heterocycles. The van der Waals surface area contributed by atoms with Crippen LogP contribution in [0.3, 0.4) is 0 Å². The van der Waals surface area contributed by atoms with Crippen molar-refractivity contribution >= 4 is 29.7 Å². The zero-order chi connectivity index (χ0) is 18.4. The van der Waals surface area contributed by atoms with Gasteiger partial charge in [0.1, 0.15) is 11.6 Å². The van der Waals surface area contributed by atoms with Crippen molar-refractivity contribution < 1.29 is 14.3 Å². The van der Waals surface area contributed by atoms with Gasteiger partial charge in [-0.15, -0.1) is 11.8 Å². The van der Waals surface area contributed by atoms with Gasteiger partial charge in [0.2, 0.25) is 0 Å². The van der Waals surface area contributed by atoms with E-state index in [1.807, 2.05) is 36.6 Å². The zero-order valence-electron chi connectivity index (χ0n) is 14.5. The molecular formula is C19H20N2O3S. The number of imide groups is 1. The van der Waals surface area contributed by atoms with E-state index in [0.717, 1.165) is 15.4 Å². The Balaban J connectivity index is 2.41. The largest absolute Gasteiger partial charge is 0.385 e. The number of carbonyl (C=O) groups is 2. The number of benzene rings is 1. The van der Waals surface area contributed by atoms with Crippen LogP contribution >= 0.6 is 11.8 Å². The summed E-state index contributed by atoms with van der Waals surface area (Å²) in [6, 6.07) is 9.70. The molecule has 0 saturated carbocycles. The maximum absolute atomic E-state index is 12.8. The summed E-state index contributed by atoms with van der Waals surface area (Å²) in [5.41, 5.74) is 1.67. The van der Waals surface area contributed by atoms with Crippen LogP contribution in [-0.2, 0) is 14.3 Å². The molecule has 1 aromatic rings. The van der Waals surface area contributed by atoms with Gasteiger partial charge in [-0.2, -0.15) is 5.26 Å². The fourth-order valence-corrected chi connectivity index (χ4v) is 2.97. The van der Waals surface area contributed by atoms with Crippen LogP contribution in [0.2, 0.25) is 0 Å². The van der Waals surface area contributed by atoms with E-state index < -0.39 is 5.91 Å². The van der Waals surface area contributed by atoms with Gasteiger partial charge in [-0.3, -0.25) is 14.5 Å². The van der Waals surface area contributed by atoms with Crippen LogP contribution in [0.1, 0.15) is 18.9 Å². The Kier molecular flexibility index (Phi) is 6.57. The van der Waals surface area contributed by atoms with Gasteiger partial charge >= 0.3 is 0 Å². The highest BCUT2D eigenvalue weighted by Crippen LogP contribution is 2.27. The molecule has 1 aromatic carbocycles. The van der Waals surface area contributed by atoms with Gasteiger partial charge in [-0.1, -0.05) is 12.1 Å². The third-order valence-electron chi connectivity index (χ3n) is 3.98. The quantitative estimate of drug-likeness (QED) is 0.339. The van der Waals surface area contributed by atoms with E-state index in [1.54, 1.807) is 31.9 Å². The number of carbonyl (C=O) groups excluding carboxylic acids is 2. The third-order valence-corrected chi connectivity index (χ3v) is 4.73. The maximum Gasteiger partial charge on any atom is 0.271 e. The standard InChI is InChI=1S/C19H20N2O3S/c1-13-16(11-14-5-7-15(25-3)8-6-14)18(22)21(9-4-10-24-2)19(23)17(13)12-20/h5-8,11H,4,9-10H2,1-3H3/b16-11+. The van der Waals surface area contributed by atoms with Crippen molar-refractivity contribution in [2.45, 2.75) is 18.2 Å². The fourth-order valence-electron chi connectivity index (χ4n) is 2.57. The van der Waals surface area contributed by atoms with Crippen molar-refractivity contribution in [1.82, 2.24) is 4.90 Å². The monoisotopic (exact) mass is 356 g/mol. The van der Waals surface area contributed by atoms with Crippen LogP contribution < -0.4 is 0 Å². The SMILES string of the molecule is COCCCN1C(=O)C(C#N)=C(C)/C(=C\c2ccc(SC)cc2)C1=O. The van der Waals surface area contributed by atoms with Crippen LogP contribution in [0.15, 0.2) is 45.9 Å². The van der Waals surface area contributed by atoms with Crippen LogP contribution in [-0.4, -0.2) is 43.2 Å². The third kappa shape index (κ3) is 4.19. The Labute approximate surface area is 152 Å². The van der Waals surface area contributed by atoms with Crippen molar-refractivity contribution in [1.29, 1.82) is 5.26 Å². The van der Waals surface area contributed by atoms with Gasteiger partial charge in [0.25, 0.3) is 11.8 Å². The first-order chi connectivity index (χ1) is 12.0. The molecular weight excluding hydrogens is 336 g/mol. The summed E-state index contributed by atoms with van der Waals surface area (Å²) in [6.45, 7) is 2.31. The number of nitriles is 1. The minimum absolute atomic E-state index is 0.0176. The molecule has 5 nitrogen and oxygen atoms in total. The molecule has 0 bridgehead atoms. The molecule has 1 aliphatic rings. The highest BCUT2D eigenvalue weighted by atomic mass is 32.2. The summed E-state index contributed by atoms with van der Waals surface area (Å²) in [7, 11) is 1.56. The average molecular weight is 356 g/mol. The lowest BCUT2D eigenvalue weighted by molar-refractivity contribution is -0.140. The van der Waals surface area contributed by atoms with Gasteiger partial charge in [-0.05, 0) is 48.9 Å². The first-order valence-corrected chi connectivity index (χ1v) is 9.08. The van der Waals surface area contributed by atoms with E-state index in [4.69, 9.17) is 4.74 Å². The van der Waals surface area contributed by atoms with Crippen LogP contribution in [0.5, 0.6) is 0 Å². The Bertz CT molecular complexity index is 773. The van der Waals surface area contributed by atoms with Gasteiger partial charge in [0.05, 0.1) is 0 Å². The highest BCUT2D eigenvalue weighted by Gasteiger charge is 2.34. The first kappa shape index (κ1) is 19.0. The molecule has 0 atom stereocenters. The number of hydrogen-bond donors (Lipinski definition) is 0. The molecule has 25 heavy (non-hydrogen) atoms. The van der Waals surface area contributed by atoms with E-state index in [9.17, 15) is 14.9 Å². The molecule has 0 fully saturated rings. The smallest absolute Gasteiger partial charge is 0.271 e.